The summed E-state index contributed by atoms with van der Waals surface area (Å²) in [7, 11) is 0. The lowest BCUT2D eigenvalue weighted by molar-refractivity contribution is -0.132. The van der Waals surface area contributed by atoms with Gasteiger partial charge in [-0.3, -0.25) is 0 Å². The van der Waals surface area contributed by atoms with Crippen LogP contribution in [0.25, 0.3) is 0 Å². The molecule has 2 heterocycles. The molecule has 3 rings (SSSR count). The number of allylic oxidation sites excluding steroid dienone is 1. The van der Waals surface area contributed by atoms with Crippen LogP contribution in [0.4, 0.5) is 5.95 Å². The molecule has 1 aromatic carbocycles. The van der Waals surface area contributed by atoms with E-state index in [1.54, 1.807) is 10.8 Å². The van der Waals surface area contributed by atoms with E-state index >= 15 is 0 Å². The summed E-state index contributed by atoms with van der Waals surface area (Å²) in [5, 5.41) is 16.1. The zero-order valence-electron chi connectivity index (χ0n) is 11.8. The van der Waals surface area contributed by atoms with E-state index < -0.39 is 5.97 Å². The number of anilines is 1. The lowest BCUT2D eigenvalue weighted by Gasteiger charge is -2.22. The van der Waals surface area contributed by atoms with E-state index in [1.807, 2.05) is 12.1 Å². The number of aliphatic carboxylic acids is 1. The Kier molecular flexibility index (Phi) is 3.21. The summed E-state index contributed by atoms with van der Waals surface area (Å²) in [6.07, 6.45) is 3.06. The van der Waals surface area contributed by atoms with Gasteiger partial charge in [0.15, 0.2) is 0 Å². The van der Waals surface area contributed by atoms with E-state index in [4.69, 9.17) is 0 Å². The zero-order chi connectivity index (χ0) is 15.0. The van der Waals surface area contributed by atoms with Crippen molar-refractivity contribution in [3.63, 3.8) is 0 Å². The fraction of sp³-hybridized carbons (Fsp3) is 0.267. The second-order valence-electron chi connectivity index (χ2n) is 5.30. The van der Waals surface area contributed by atoms with Crippen LogP contribution >= 0.6 is 0 Å². The van der Waals surface area contributed by atoms with E-state index in [0.717, 1.165) is 5.56 Å². The monoisotopic (exact) mass is 284 g/mol. The van der Waals surface area contributed by atoms with Crippen LogP contribution in [0.5, 0.6) is 0 Å². The van der Waals surface area contributed by atoms with Crippen LogP contribution in [0.2, 0.25) is 0 Å². The average Bonchev–Trinajstić information content (AvgIpc) is 2.94. The van der Waals surface area contributed by atoms with Crippen molar-refractivity contribution < 1.29 is 9.90 Å². The van der Waals surface area contributed by atoms with Crippen LogP contribution in [0, 0.1) is 0 Å². The second kappa shape index (κ2) is 5.05. The summed E-state index contributed by atoms with van der Waals surface area (Å²) in [5.41, 5.74) is 2.34. The van der Waals surface area contributed by atoms with Crippen molar-refractivity contribution in [3.8, 4) is 0 Å². The number of benzene rings is 1. The molecule has 108 valence electrons. The molecule has 1 atom stereocenters. The van der Waals surface area contributed by atoms with Crippen molar-refractivity contribution in [2.75, 3.05) is 5.32 Å². The summed E-state index contributed by atoms with van der Waals surface area (Å²) in [6, 6.07) is 7.87. The molecule has 0 aliphatic carbocycles. The number of hydrogen-bond donors (Lipinski definition) is 2. The molecule has 2 aromatic rings. The molecule has 6 nitrogen and oxygen atoms in total. The van der Waals surface area contributed by atoms with Gasteiger partial charge in [0.1, 0.15) is 18.1 Å². The SMILES string of the molecule is CC(C)c1ccc(C2C=C(C(=O)O)Nc3ncnn32)cc1. The third-order valence-electron chi connectivity index (χ3n) is 3.58. The highest BCUT2D eigenvalue weighted by Crippen LogP contribution is 2.29. The fourth-order valence-corrected chi connectivity index (χ4v) is 2.37. The maximum atomic E-state index is 11.2. The van der Waals surface area contributed by atoms with Gasteiger partial charge >= 0.3 is 5.97 Å². The highest BCUT2D eigenvalue weighted by Gasteiger charge is 2.25. The number of aromatic nitrogens is 3. The molecule has 0 saturated carbocycles. The summed E-state index contributed by atoms with van der Waals surface area (Å²) >= 11 is 0. The molecular formula is C15H16N4O2. The normalized spacial score (nSPS) is 17.1. The number of nitrogens with zero attached hydrogens (tertiary/aromatic N) is 3. The van der Waals surface area contributed by atoms with Crippen molar-refractivity contribution in [3.05, 3.63) is 53.5 Å². The fourth-order valence-electron chi connectivity index (χ4n) is 2.37. The molecule has 0 fully saturated rings. The third kappa shape index (κ3) is 2.40. The molecule has 1 aliphatic rings. The lowest BCUT2D eigenvalue weighted by atomic mass is 9.98. The lowest BCUT2D eigenvalue weighted by Crippen LogP contribution is -2.24. The molecule has 6 heteroatoms. The molecule has 2 N–H and O–H groups in total. The van der Waals surface area contributed by atoms with Crippen LogP contribution < -0.4 is 5.32 Å². The van der Waals surface area contributed by atoms with Crippen LogP contribution in [0.1, 0.15) is 36.9 Å². The topological polar surface area (TPSA) is 80.0 Å². The number of carboxylic acids is 1. The predicted octanol–water partition coefficient (Wildman–Crippen LogP) is 2.38. The Morgan fingerprint density at radius 2 is 2.05 bits per heavy atom. The Labute approximate surface area is 122 Å². The maximum absolute atomic E-state index is 11.2. The molecule has 0 bridgehead atoms. The quantitative estimate of drug-likeness (QED) is 0.904. The Bertz CT molecular complexity index is 701. The van der Waals surface area contributed by atoms with Crippen LogP contribution in [0.15, 0.2) is 42.4 Å². The minimum atomic E-state index is -1.01. The van der Waals surface area contributed by atoms with E-state index in [2.05, 4.69) is 41.4 Å². The van der Waals surface area contributed by atoms with Gasteiger partial charge in [-0.1, -0.05) is 38.1 Å². The Balaban J connectivity index is 2.02. The molecule has 0 spiro atoms. The van der Waals surface area contributed by atoms with Gasteiger partial charge < -0.3 is 10.4 Å². The predicted molar refractivity (Wildman–Crippen MR) is 78.0 cm³/mol. The Hall–Kier alpha value is -2.63. The molecule has 0 saturated heterocycles. The number of carbonyl (C=O) groups is 1. The average molecular weight is 284 g/mol. The van der Waals surface area contributed by atoms with E-state index in [-0.39, 0.29) is 11.7 Å². The zero-order valence-corrected chi connectivity index (χ0v) is 11.8. The van der Waals surface area contributed by atoms with Gasteiger partial charge in [-0.15, -0.1) is 0 Å². The summed E-state index contributed by atoms with van der Waals surface area (Å²) in [5.74, 6) is -0.111. The largest absolute Gasteiger partial charge is 0.477 e. The van der Waals surface area contributed by atoms with Crippen molar-refractivity contribution >= 4 is 11.9 Å². The van der Waals surface area contributed by atoms with Crippen molar-refractivity contribution in [1.82, 2.24) is 14.8 Å². The highest BCUT2D eigenvalue weighted by atomic mass is 16.4. The summed E-state index contributed by atoms with van der Waals surface area (Å²) < 4.78 is 1.68. The van der Waals surface area contributed by atoms with Gasteiger partial charge in [0.05, 0.1) is 0 Å². The van der Waals surface area contributed by atoms with E-state index in [1.165, 1.54) is 11.9 Å². The van der Waals surface area contributed by atoms with Crippen molar-refractivity contribution in [1.29, 1.82) is 0 Å². The number of fused-ring (bicyclic) bond motifs is 1. The van der Waals surface area contributed by atoms with Gasteiger partial charge in [-0.2, -0.15) is 10.1 Å². The summed E-state index contributed by atoms with van der Waals surface area (Å²) in [4.78, 5) is 15.3. The molecule has 0 radical (unpaired) electrons. The van der Waals surface area contributed by atoms with E-state index in [9.17, 15) is 9.90 Å². The van der Waals surface area contributed by atoms with E-state index in [0.29, 0.717) is 11.9 Å². The second-order valence-corrected chi connectivity index (χ2v) is 5.30. The first kappa shape index (κ1) is 13.4. The van der Waals surface area contributed by atoms with Gasteiger partial charge in [0, 0.05) is 0 Å². The Morgan fingerprint density at radius 1 is 1.33 bits per heavy atom. The third-order valence-corrected chi connectivity index (χ3v) is 3.58. The molecule has 0 amide bonds. The molecule has 21 heavy (non-hydrogen) atoms. The van der Waals surface area contributed by atoms with Crippen LogP contribution in [-0.4, -0.2) is 25.8 Å². The molecule has 1 aromatic heterocycles. The smallest absolute Gasteiger partial charge is 0.352 e. The van der Waals surface area contributed by atoms with Crippen molar-refractivity contribution in [2.24, 2.45) is 0 Å². The number of nitrogens with one attached hydrogen (secondary N) is 1. The molecule has 1 aliphatic heterocycles. The first-order valence-corrected chi connectivity index (χ1v) is 6.77. The minimum absolute atomic E-state index is 0.119. The summed E-state index contributed by atoms with van der Waals surface area (Å²) in [6.45, 7) is 4.27. The minimum Gasteiger partial charge on any atom is -0.477 e. The van der Waals surface area contributed by atoms with Gasteiger partial charge in [-0.05, 0) is 23.1 Å². The Morgan fingerprint density at radius 3 is 2.67 bits per heavy atom. The van der Waals surface area contributed by atoms with Crippen molar-refractivity contribution in [2.45, 2.75) is 25.8 Å². The van der Waals surface area contributed by atoms with Crippen LogP contribution in [0.3, 0.4) is 0 Å². The molecular weight excluding hydrogens is 268 g/mol. The number of rotatable bonds is 3. The molecule has 1 unspecified atom stereocenters. The van der Waals surface area contributed by atoms with Gasteiger partial charge in [0.2, 0.25) is 5.95 Å². The number of hydrogen-bond acceptors (Lipinski definition) is 4. The first-order valence-electron chi connectivity index (χ1n) is 6.77. The highest BCUT2D eigenvalue weighted by molar-refractivity contribution is 5.90. The first-order chi connectivity index (χ1) is 10.1. The van der Waals surface area contributed by atoms with Crippen LogP contribution in [-0.2, 0) is 4.79 Å². The van der Waals surface area contributed by atoms with Gasteiger partial charge in [-0.25, -0.2) is 9.48 Å². The maximum Gasteiger partial charge on any atom is 0.352 e. The van der Waals surface area contributed by atoms with Gasteiger partial charge in [0.25, 0.3) is 0 Å². The number of carboxylic acid groups (broad SMARTS) is 1. The standard InChI is InChI=1S/C15H16N4O2/c1-9(2)10-3-5-11(6-4-10)13-7-12(14(20)21)18-15-16-8-17-19(13)15/h3-9,13H,1-2H3,(H,20,21)(H,16,17,18).